The van der Waals surface area contributed by atoms with Crippen LogP contribution in [0.3, 0.4) is 0 Å². The van der Waals surface area contributed by atoms with Crippen LogP contribution < -0.4 is 14.2 Å². The lowest BCUT2D eigenvalue weighted by molar-refractivity contribution is -0.110. The van der Waals surface area contributed by atoms with Crippen LogP contribution in [0.4, 0.5) is 0 Å². The van der Waals surface area contributed by atoms with Crippen molar-refractivity contribution in [2.24, 2.45) is 0 Å². The molecule has 136 valence electrons. The van der Waals surface area contributed by atoms with Gasteiger partial charge >= 0.3 is 0 Å². The molecule has 5 nitrogen and oxygen atoms in total. The van der Waals surface area contributed by atoms with Crippen LogP contribution in [0.15, 0.2) is 48.6 Å². The number of ketones is 1. The van der Waals surface area contributed by atoms with E-state index in [1.807, 2.05) is 6.07 Å². The van der Waals surface area contributed by atoms with Gasteiger partial charge in [-0.1, -0.05) is 18.2 Å². The van der Waals surface area contributed by atoms with Crippen molar-refractivity contribution in [2.45, 2.75) is 6.61 Å². The summed E-state index contributed by atoms with van der Waals surface area (Å²) in [6.45, 7) is -0.140. The molecule has 0 amide bonds. The lowest BCUT2D eigenvalue weighted by Gasteiger charge is -2.09. The van der Waals surface area contributed by atoms with Gasteiger partial charge in [-0.25, -0.2) is 0 Å². The highest BCUT2D eigenvalue weighted by Crippen LogP contribution is 2.29. The molecule has 0 heterocycles. The van der Waals surface area contributed by atoms with Gasteiger partial charge in [-0.2, -0.15) is 0 Å². The summed E-state index contributed by atoms with van der Waals surface area (Å²) in [6.07, 6.45) is 6.15. The number of methoxy groups -OCH3 is 3. The first kappa shape index (κ1) is 19.3. The lowest BCUT2D eigenvalue weighted by Crippen LogP contribution is -1.95. The van der Waals surface area contributed by atoms with E-state index < -0.39 is 0 Å². The van der Waals surface area contributed by atoms with Crippen LogP contribution in [-0.2, 0) is 11.4 Å². The van der Waals surface area contributed by atoms with Crippen LogP contribution >= 0.6 is 0 Å². The quantitative estimate of drug-likeness (QED) is 0.735. The second-order valence-corrected chi connectivity index (χ2v) is 5.34. The minimum absolute atomic E-state index is 0.140. The summed E-state index contributed by atoms with van der Waals surface area (Å²) < 4.78 is 15.9. The van der Waals surface area contributed by atoms with Crippen LogP contribution in [0.2, 0.25) is 0 Å². The summed E-state index contributed by atoms with van der Waals surface area (Å²) in [5.41, 5.74) is 2.05. The Balaban J connectivity index is 2.25. The number of aliphatic hydroxyl groups is 1. The monoisotopic (exact) mass is 354 g/mol. The molecule has 0 spiro atoms. The third kappa shape index (κ3) is 4.52. The molecule has 0 aliphatic carbocycles. The highest BCUT2D eigenvalue weighted by Gasteiger charge is 2.08. The van der Waals surface area contributed by atoms with Gasteiger partial charge in [0, 0.05) is 5.56 Å². The highest BCUT2D eigenvalue weighted by molar-refractivity contribution is 6.05. The normalized spacial score (nSPS) is 11.1. The van der Waals surface area contributed by atoms with E-state index >= 15 is 0 Å². The maximum absolute atomic E-state index is 12.2. The van der Waals surface area contributed by atoms with Crippen molar-refractivity contribution < 1.29 is 24.1 Å². The number of rotatable bonds is 8. The number of ether oxygens (including phenoxy) is 3. The van der Waals surface area contributed by atoms with Gasteiger partial charge in [0.15, 0.2) is 5.78 Å². The number of carbonyl (C=O) groups is 1. The number of carbonyl (C=O) groups excluding carboxylic acids is 1. The highest BCUT2D eigenvalue weighted by atomic mass is 16.5. The predicted molar refractivity (Wildman–Crippen MR) is 102 cm³/mol. The summed E-state index contributed by atoms with van der Waals surface area (Å²) in [5, 5.41) is 9.45. The van der Waals surface area contributed by atoms with E-state index in [1.165, 1.54) is 12.2 Å². The average molecular weight is 354 g/mol. The zero-order valence-electron chi connectivity index (χ0n) is 15.1. The fourth-order valence-electron chi connectivity index (χ4n) is 2.53. The molecule has 5 heteroatoms. The molecule has 0 bridgehead atoms. The van der Waals surface area contributed by atoms with Crippen LogP contribution in [0.5, 0.6) is 17.2 Å². The molecule has 2 rings (SSSR count). The zero-order valence-corrected chi connectivity index (χ0v) is 15.1. The Bertz CT molecular complexity index is 709. The van der Waals surface area contributed by atoms with Gasteiger partial charge in [-0.05, 0) is 48.1 Å². The average Bonchev–Trinajstić information content (AvgIpc) is 2.69. The zero-order chi connectivity index (χ0) is 18.9. The van der Waals surface area contributed by atoms with Crippen LogP contribution in [0.1, 0.15) is 16.7 Å². The number of allylic oxidation sites excluding steroid dienone is 2. The second-order valence-electron chi connectivity index (χ2n) is 5.34. The first-order chi connectivity index (χ1) is 12.6. The Morgan fingerprint density at radius 1 is 0.846 bits per heavy atom. The molecule has 0 aliphatic heterocycles. The van der Waals surface area contributed by atoms with E-state index in [1.54, 1.807) is 63.8 Å². The minimum atomic E-state index is -0.215. The van der Waals surface area contributed by atoms with Gasteiger partial charge in [-0.15, -0.1) is 0 Å². The molecular weight excluding hydrogens is 332 g/mol. The Morgan fingerprint density at radius 2 is 1.31 bits per heavy atom. The SMILES string of the molecule is COc1cccc(CO)c1/C=C/C(=O)/C=C/c1c(OC)cccc1OC. The van der Waals surface area contributed by atoms with Gasteiger partial charge < -0.3 is 19.3 Å². The largest absolute Gasteiger partial charge is 0.496 e. The summed E-state index contributed by atoms with van der Waals surface area (Å²) in [7, 11) is 4.67. The molecule has 0 aliphatic rings. The van der Waals surface area contributed by atoms with E-state index in [0.717, 1.165) is 0 Å². The van der Waals surface area contributed by atoms with Crippen molar-refractivity contribution in [1.82, 2.24) is 0 Å². The van der Waals surface area contributed by atoms with E-state index in [9.17, 15) is 9.90 Å². The standard InChI is InChI=1S/C21H22O5/c1-24-19-7-4-6-15(14-22)17(19)12-10-16(23)11-13-18-20(25-2)8-5-9-21(18)26-3/h4-13,22H,14H2,1-3H3/b12-10+,13-11+. The fourth-order valence-corrected chi connectivity index (χ4v) is 2.53. The van der Waals surface area contributed by atoms with Crippen molar-refractivity contribution in [3.05, 3.63) is 65.2 Å². The van der Waals surface area contributed by atoms with E-state index in [4.69, 9.17) is 14.2 Å². The van der Waals surface area contributed by atoms with Gasteiger partial charge in [0.05, 0.1) is 33.5 Å². The van der Waals surface area contributed by atoms with Crippen molar-refractivity contribution in [3.8, 4) is 17.2 Å². The summed E-state index contributed by atoms with van der Waals surface area (Å²) in [6, 6.07) is 10.8. The van der Waals surface area contributed by atoms with Crippen molar-refractivity contribution in [1.29, 1.82) is 0 Å². The van der Waals surface area contributed by atoms with Crippen LogP contribution in [0.25, 0.3) is 12.2 Å². The molecule has 0 fully saturated rings. The maximum atomic E-state index is 12.2. The molecule has 0 aromatic heterocycles. The van der Waals surface area contributed by atoms with Crippen molar-refractivity contribution in [3.63, 3.8) is 0 Å². The molecule has 0 saturated heterocycles. The summed E-state index contributed by atoms with van der Waals surface area (Å²) in [4.78, 5) is 12.2. The summed E-state index contributed by atoms with van der Waals surface area (Å²) in [5.74, 6) is 1.61. The molecule has 0 radical (unpaired) electrons. The predicted octanol–water partition coefficient (Wildman–Crippen LogP) is 3.50. The van der Waals surface area contributed by atoms with Gasteiger partial charge in [0.2, 0.25) is 0 Å². The first-order valence-electron chi connectivity index (χ1n) is 8.02. The fraction of sp³-hybridized carbons (Fsp3) is 0.190. The Labute approximate surface area is 153 Å². The van der Waals surface area contributed by atoms with Crippen LogP contribution in [0, 0.1) is 0 Å². The van der Waals surface area contributed by atoms with Gasteiger partial charge in [0.1, 0.15) is 17.2 Å². The number of hydrogen-bond acceptors (Lipinski definition) is 5. The van der Waals surface area contributed by atoms with Gasteiger partial charge in [-0.3, -0.25) is 4.79 Å². The maximum Gasteiger partial charge on any atom is 0.178 e. The smallest absolute Gasteiger partial charge is 0.178 e. The van der Waals surface area contributed by atoms with Crippen molar-refractivity contribution >= 4 is 17.9 Å². The van der Waals surface area contributed by atoms with E-state index in [0.29, 0.717) is 33.9 Å². The molecule has 1 N–H and O–H groups in total. The molecule has 0 unspecified atom stereocenters. The Kier molecular flexibility index (Phi) is 7.00. The third-order valence-electron chi connectivity index (χ3n) is 3.84. The first-order valence-corrected chi connectivity index (χ1v) is 8.02. The lowest BCUT2D eigenvalue weighted by atomic mass is 10.1. The Morgan fingerprint density at radius 3 is 1.81 bits per heavy atom. The molecule has 2 aromatic carbocycles. The number of aliphatic hydroxyl groups excluding tert-OH is 1. The molecular formula is C21H22O5. The summed E-state index contributed by atoms with van der Waals surface area (Å²) >= 11 is 0. The molecule has 2 aromatic rings. The van der Waals surface area contributed by atoms with Gasteiger partial charge in [0.25, 0.3) is 0 Å². The third-order valence-corrected chi connectivity index (χ3v) is 3.84. The number of hydrogen-bond donors (Lipinski definition) is 1. The van der Waals surface area contributed by atoms with E-state index in [2.05, 4.69) is 0 Å². The Hall–Kier alpha value is -3.05. The molecule has 26 heavy (non-hydrogen) atoms. The van der Waals surface area contributed by atoms with Crippen LogP contribution in [-0.4, -0.2) is 32.2 Å². The minimum Gasteiger partial charge on any atom is -0.496 e. The second kappa shape index (κ2) is 9.44. The van der Waals surface area contributed by atoms with Crippen molar-refractivity contribution in [2.75, 3.05) is 21.3 Å². The topological polar surface area (TPSA) is 65.0 Å². The molecule has 0 saturated carbocycles. The number of benzene rings is 2. The molecule has 0 atom stereocenters. The van der Waals surface area contributed by atoms with E-state index in [-0.39, 0.29) is 12.4 Å².